The third kappa shape index (κ3) is 4.80. The van der Waals surface area contributed by atoms with Crippen molar-refractivity contribution in [2.75, 3.05) is 25.1 Å². The summed E-state index contributed by atoms with van der Waals surface area (Å²) in [6.45, 7) is 3.46. The first-order valence-corrected chi connectivity index (χ1v) is 8.84. The highest BCUT2D eigenvalue weighted by Gasteiger charge is 2.13. The van der Waals surface area contributed by atoms with Crippen LogP contribution in [0.1, 0.15) is 23.7 Å². The van der Waals surface area contributed by atoms with E-state index in [1.807, 2.05) is 13.0 Å². The molecular formula is C21H21FN2O3. The van der Waals surface area contributed by atoms with Gasteiger partial charge in [-0.25, -0.2) is 4.39 Å². The molecule has 6 heteroatoms. The predicted octanol–water partition coefficient (Wildman–Crippen LogP) is 4.43. The van der Waals surface area contributed by atoms with Gasteiger partial charge in [0.15, 0.2) is 11.6 Å². The second kappa shape index (κ2) is 9.09. The maximum atomic E-state index is 14.6. The normalized spacial score (nSPS) is 10.7. The van der Waals surface area contributed by atoms with Crippen molar-refractivity contribution in [3.05, 3.63) is 66.1 Å². The van der Waals surface area contributed by atoms with Crippen LogP contribution in [0.25, 0.3) is 10.9 Å². The van der Waals surface area contributed by atoms with Crippen molar-refractivity contribution in [1.82, 2.24) is 4.98 Å². The Hall–Kier alpha value is -2.99. The van der Waals surface area contributed by atoms with Gasteiger partial charge in [-0.1, -0.05) is 12.1 Å². The van der Waals surface area contributed by atoms with E-state index >= 15 is 0 Å². The fourth-order valence-corrected chi connectivity index (χ4v) is 2.62. The second-order valence-electron chi connectivity index (χ2n) is 5.88. The van der Waals surface area contributed by atoms with Crippen LogP contribution in [0, 0.1) is 5.82 Å². The van der Waals surface area contributed by atoms with E-state index in [4.69, 9.17) is 9.47 Å². The number of aromatic nitrogens is 1. The van der Waals surface area contributed by atoms with Gasteiger partial charge in [-0.3, -0.25) is 9.78 Å². The summed E-state index contributed by atoms with van der Waals surface area (Å²) in [6, 6.07) is 13.5. The SMILES string of the molecule is CCOCCCOc1cccc(NC(=O)c2ccc3ncccc3c2)c1F. The molecule has 0 fully saturated rings. The Kier molecular flexibility index (Phi) is 6.33. The van der Waals surface area contributed by atoms with E-state index in [9.17, 15) is 9.18 Å². The number of fused-ring (bicyclic) bond motifs is 1. The van der Waals surface area contributed by atoms with E-state index in [0.29, 0.717) is 31.8 Å². The Bertz CT molecular complexity index is 930. The van der Waals surface area contributed by atoms with Crippen LogP contribution in [0.3, 0.4) is 0 Å². The largest absolute Gasteiger partial charge is 0.490 e. The van der Waals surface area contributed by atoms with Crippen molar-refractivity contribution < 1.29 is 18.7 Å². The summed E-state index contributed by atoms with van der Waals surface area (Å²) in [5.41, 5.74) is 1.30. The number of halogens is 1. The molecule has 1 heterocycles. The molecule has 0 spiro atoms. The number of rotatable bonds is 8. The maximum Gasteiger partial charge on any atom is 0.255 e. The van der Waals surface area contributed by atoms with Gasteiger partial charge in [-0.15, -0.1) is 0 Å². The van der Waals surface area contributed by atoms with Crippen molar-refractivity contribution >= 4 is 22.5 Å². The summed E-state index contributed by atoms with van der Waals surface area (Å²) in [6.07, 6.45) is 2.35. The number of pyridine rings is 1. The van der Waals surface area contributed by atoms with Crippen molar-refractivity contribution in [3.8, 4) is 5.75 Å². The Labute approximate surface area is 157 Å². The molecule has 1 amide bonds. The first-order valence-electron chi connectivity index (χ1n) is 8.84. The molecule has 1 N–H and O–H groups in total. The molecule has 140 valence electrons. The number of carbonyl (C=O) groups excluding carboxylic acids is 1. The minimum absolute atomic E-state index is 0.0774. The molecule has 27 heavy (non-hydrogen) atoms. The average molecular weight is 368 g/mol. The van der Waals surface area contributed by atoms with Crippen LogP contribution in [0.15, 0.2) is 54.7 Å². The average Bonchev–Trinajstić information content (AvgIpc) is 2.70. The third-order valence-corrected chi connectivity index (χ3v) is 3.97. The van der Waals surface area contributed by atoms with Gasteiger partial charge in [0.1, 0.15) is 0 Å². The van der Waals surface area contributed by atoms with Crippen molar-refractivity contribution in [2.45, 2.75) is 13.3 Å². The molecule has 1 aromatic heterocycles. The van der Waals surface area contributed by atoms with Gasteiger partial charge >= 0.3 is 0 Å². The molecule has 0 saturated carbocycles. The third-order valence-electron chi connectivity index (χ3n) is 3.97. The highest BCUT2D eigenvalue weighted by atomic mass is 19.1. The molecule has 0 saturated heterocycles. The lowest BCUT2D eigenvalue weighted by Crippen LogP contribution is -2.13. The molecule has 0 atom stereocenters. The molecule has 5 nitrogen and oxygen atoms in total. The van der Waals surface area contributed by atoms with Crippen LogP contribution in [0.2, 0.25) is 0 Å². The van der Waals surface area contributed by atoms with Gasteiger partial charge in [0, 0.05) is 36.8 Å². The minimum atomic E-state index is -0.593. The Morgan fingerprint density at radius 3 is 2.89 bits per heavy atom. The number of carbonyl (C=O) groups is 1. The Balaban J connectivity index is 1.68. The molecule has 0 radical (unpaired) electrons. The molecule has 0 aliphatic heterocycles. The topological polar surface area (TPSA) is 60.5 Å². The highest BCUT2D eigenvalue weighted by Crippen LogP contribution is 2.25. The van der Waals surface area contributed by atoms with E-state index < -0.39 is 11.7 Å². The van der Waals surface area contributed by atoms with Crippen molar-refractivity contribution in [3.63, 3.8) is 0 Å². The molecule has 0 aliphatic rings. The van der Waals surface area contributed by atoms with E-state index in [1.165, 1.54) is 12.1 Å². The van der Waals surface area contributed by atoms with Gasteiger partial charge in [0.05, 0.1) is 17.8 Å². The molecule has 2 aromatic carbocycles. The molecule has 3 aromatic rings. The van der Waals surface area contributed by atoms with Crippen molar-refractivity contribution in [1.29, 1.82) is 0 Å². The molecular weight excluding hydrogens is 347 g/mol. The summed E-state index contributed by atoms with van der Waals surface area (Å²) in [4.78, 5) is 16.7. The maximum absolute atomic E-state index is 14.6. The second-order valence-corrected chi connectivity index (χ2v) is 5.88. The number of nitrogens with zero attached hydrogens (tertiary/aromatic N) is 1. The quantitative estimate of drug-likeness (QED) is 0.598. The number of ether oxygens (including phenoxy) is 2. The number of hydrogen-bond donors (Lipinski definition) is 1. The van der Waals surface area contributed by atoms with Gasteiger partial charge in [0.25, 0.3) is 5.91 Å². The molecule has 3 rings (SSSR count). The van der Waals surface area contributed by atoms with E-state index in [2.05, 4.69) is 10.3 Å². The minimum Gasteiger partial charge on any atom is -0.490 e. The van der Waals surface area contributed by atoms with E-state index in [1.54, 1.807) is 36.5 Å². The summed E-state index contributed by atoms with van der Waals surface area (Å²) >= 11 is 0. The van der Waals surface area contributed by atoms with Crippen LogP contribution in [0.4, 0.5) is 10.1 Å². The summed E-state index contributed by atoms with van der Waals surface area (Å²) in [5, 5.41) is 3.45. The van der Waals surface area contributed by atoms with Crippen LogP contribution >= 0.6 is 0 Å². The van der Waals surface area contributed by atoms with Gasteiger partial charge < -0.3 is 14.8 Å². The van der Waals surface area contributed by atoms with E-state index in [-0.39, 0.29) is 11.4 Å². The lowest BCUT2D eigenvalue weighted by atomic mass is 10.1. The fourth-order valence-electron chi connectivity index (χ4n) is 2.62. The van der Waals surface area contributed by atoms with E-state index in [0.717, 1.165) is 10.9 Å². The molecule has 0 aliphatic carbocycles. The smallest absolute Gasteiger partial charge is 0.255 e. The number of hydrogen-bond acceptors (Lipinski definition) is 4. The summed E-state index contributed by atoms with van der Waals surface area (Å²) < 4.78 is 25.3. The van der Waals surface area contributed by atoms with Gasteiger partial charge in [0.2, 0.25) is 0 Å². The summed E-state index contributed by atoms with van der Waals surface area (Å²) in [7, 11) is 0. The zero-order valence-electron chi connectivity index (χ0n) is 15.1. The number of amides is 1. The zero-order valence-corrected chi connectivity index (χ0v) is 15.1. The van der Waals surface area contributed by atoms with Gasteiger partial charge in [-0.05, 0) is 43.3 Å². The van der Waals surface area contributed by atoms with Crippen molar-refractivity contribution in [2.24, 2.45) is 0 Å². The van der Waals surface area contributed by atoms with Crippen LogP contribution in [-0.4, -0.2) is 30.7 Å². The Morgan fingerprint density at radius 1 is 1.15 bits per heavy atom. The predicted molar refractivity (Wildman–Crippen MR) is 103 cm³/mol. The molecule has 0 unspecified atom stereocenters. The number of benzene rings is 2. The number of anilines is 1. The Morgan fingerprint density at radius 2 is 2.04 bits per heavy atom. The standard InChI is InChI=1S/C21H21FN2O3/c1-2-26-12-5-13-27-19-8-3-7-18(20(19)22)24-21(25)16-9-10-17-15(14-16)6-4-11-23-17/h3-4,6-11,14H,2,5,12-13H2,1H3,(H,24,25). The number of nitrogens with one attached hydrogen (secondary N) is 1. The van der Waals surface area contributed by atoms with Crippen LogP contribution in [-0.2, 0) is 4.74 Å². The molecule has 0 bridgehead atoms. The summed E-state index contributed by atoms with van der Waals surface area (Å²) in [5.74, 6) is -0.884. The zero-order chi connectivity index (χ0) is 19.1. The first kappa shape index (κ1) is 18.8. The highest BCUT2D eigenvalue weighted by molar-refractivity contribution is 6.06. The first-order chi connectivity index (χ1) is 13.2. The van der Waals surface area contributed by atoms with Crippen LogP contribution < -0.4 is 10.1 Å². The lowest BCUT2D eigenvalue weighted by molar-refractivity contribution is 0.102. The van der Waals surface area contributed by atoms with Crippen LogP contribution in [0.5, 0.6) is 5.75 Å². The monoisotopic (exact) mass is 368 g/mol. The fraction of sp³-hybridized carbons (Fsp3) is 0.238. The lowest BCUT2D eigenvalue weighted by Gasteiger charge is -2.11. The van der Waals surface area contributed by atoms with Gasteiger partial charge in [-0.2, -0.15) is 0 Å².